The second-order valence-electron chi connectivity index (χ2n) is 6.25. The highest BCUT2D eigenvalue weighted by molar-refractivity contribution is 7.11. The first-order valence-corrected chi connectivity index (χ1v) is 9.11. The van der Waals surface area contributed by atoms with Gasteiger partial charge in [-0.2, -0.15) is 4.98 Å². The van der Waals surface area contributed by atoms with Crippen LogP contribution in [-0.4, -0.2) is 51.1 Å². The van der Waals surface area contributed by atoms with Crippen LogP contribution in [0.3, 0.4) is 0 Å². The molecule has 7 heteroatoms. The molecule has 0 unspecified atom stereocenters. The van der Waals surface area contributed by atoms with Crippen LogP contribution in [0.4, 0.5) is 0 Å². The summed E-state index contributed by atoms with van der Waals surface area (Å²) in [5.74, 6) is 1.54. The van der Waals surface area contributed by atoms with Crippen molar-refractivity contribution in [2.24, 2.45) is 0 Å². The first-order chi connectivity index (χ1) is 11.1. The molecule has 1 aliphatic heterocycles. The van der Waals surface area contributed by atoms with Crippen LogP contribution in [0.25, 0.3) is 0 Å². The highest BCUT2D eigenvalue weighted by atomic mass is 32.1. The zero-order valence-corrected chi connectivity index (χ0v) is 15.0. The third-order valence-corrected chi connectivity index (χ3v) is 5.25. The summed E-state index contributed by atoms with van der Waals surface area (Å²) in [6.07, 6.45) is 5.27. The number of piperidine rings is 1. The number of thiazole rings is 1. The summed E-state index contributed by atoms with van der Waals surface area (Å²) in [5, 5.41) is 5.21. The lowest BCUT2D eigenvalue weighted by molar-refractivity contribution is 0.105. The standard InChI is InChI=1S/C16H25N5OS/c1-4-16-18-15(19-22-16)11-21-7-5-6-13(9-21)20(3)10-14-8-17-12(2)23-14/h8,13H,4-7,9-11H2,1-3H3/t13-/m0/s1. The normalized spacial score (nSPS) is 19.6. The van der Waals surface area contributed by atoms with Crippen LogP contribution < -0.4 is 0 Å². The first kappa shape index (κ1) is 16.5. The molecule has 0 radical (unpaired) electrons. The largest absolute Gasteiger partial charge is 0.339 e. The Hall–Kier alpha value is -1.31. The van der Waals surface area contributed by atoms with E-state index in [9.17, 15) is 0 Å². The molecule has 126 valence electrons. The number of hydrogen-bond donors (Lipinski definition) is 0. The van der Waals surface area contributed by atoms with Gasteiger partial charge in [0.25, 0.3) is 0 Å². The van der Waals surface area contributed by atoms with Crippen molar-refractivity contribution in [3.05, 3.63) is 27.8 Å². The summed E-state index contributed by atoms with van der Waals surface area (Å²) in [5.41, 5.74) is 0. The van der Waals surface area contributed by atoms with E-state index < -0.39 is 0 Å². The van der Waals surface area contributed by atoms with E-state index in [0.29, 0.717) is 6.04 Å². The van der Waals surface area contributed by atoms with Crippen molar-refractivity contribution in [2.45, 2.75) is 52.2 Å². The van der Waals surface area contributed by atoms with Crippen molar-refractivity contribution < 1.29 is 4.52 Å². The Morgan fingerprint density at radius 1 is 1.48 bits per heavy atom. The number of rotatable bonds is 6. The molecule has 3 rings (SSSR count). The zero-order chi connectivity index (χ0) is 16.2. The molecule has 0 bridgehead atoms. The van der Waals surface area contributed by atoms with Crippen molar-refractivity contribution in [1.29, 1.82) is 0 Å². The second-order valence-corrected chi connectivity index (χ2v) is 7.57. The molecule has 0 saturated carbocycles. The van der Waals surface area contributed by atoms with Crippen LogP contribution in [0, 0.1) is 6.92 Å². The average Bonchev–Trinajstić information content (AvgIpc) is 3.16. The van der Waals surface area contributed by atoms with E-state index in [1.165, 1.54) is 17.7 Å². The van der Waals surface area contributed by atoms with E-state index in [4.69, 9.17) is 4.52 Å². The third kappa shape index (κ3) is 4.37. The fourth-order valence-electron chi connectivity index (χ4n) is 3.09. The highest BCUT2D eigenvalue weighted by Gasteiger charge is 2.24. The third-order valence-electron chi connectivity index (χ3n) is 4.36. The maximum Gasteiger partial charge on any atom is 0.226 e. The minimum atomic E-state index is 0.573. The van der Waals surface area contributed by atoms with E-state index in [0.717, 1.165) is 49.3 Å². The van der Waals surface area contributed by atoms with Gasteiger partial charge in [-0.15, -0.1) is 11.3 Å². The van der Waals surface area contributed by atoms with Gasteiger partial charge in [-0.25, -0.2) is 4.98 Å². The minimum absolute atomic E-state index is 0.573. The lowest BCUT2D eigenvalue weighted by Gasteiger charge is -2.37. The second kappa shape index (κ2) is 7.51. The fraction of sp³-hybridized carbons (Fsp3) is 0.688. The summed E-state index contributed by atoms with van der Waals surface area (Å²) in [4.78, 5) is 15.0. The van der Waals surface area contributed by atoms with E-state index >= 15 is 0 Å². The molecular formula is C16H25N5OS. The molecule has 1 aliphatic rings. The molecule has 1 saturated heterocycles. The van der Waals surface area contributed by atoms with Crippen LogP contribution in [0.15, 0.2) is 10.7 Å². The molecule has 1 atom stereocenters. The molecule has 1 fully saturated rings. The summed E-state index contributed by atoms with van der Waals surface area (Å²) in [7, 11) is 2.22. The van der Waals surface area contributed by atoms with Crippen LogP contribution >= 0.6 is 11.3 Å². The van der Waals surface area contributed by atoms with Crippen LogP contribution in [0.2, 0.25) is 0 Å². The Morgan fingerprint density at radius 3 is 3.04 bits per heavy atom. The SMILES string of the molecule is CCc1nc(CN2CCC[C@H](N(C)Cc3cnc(C)s3)C2)no1. The molecule has 0 aromatic carbocycles. The predicted octanol–water partition coefficient (Wildman–Crippen LogP) is 2.49. The smallest absolute Gasteiger partial charge is 0.226 e. The molecule has 23 heavy (non-hydrogen) atoms. The zero-order valence-electron chi connectivity index (χ0n) is 14.2. The molecule has 3 heterocycles. The summed E-state index contributed by atoms with van der Waals surface area (Å²) in [6.45, 7) is 8.03. The van der Waals surface area contributed by atoms with Gasteiger partial charge in [0.2, 0.25) is 5.89 Å². The molecule has 0 amide bonds. The Morgan fingerprint density at radius 2 is 2.35 bits per heavy atom. The topological polar surface area (TPSA) is 58.3 Å². The maximum atomic E-state index is 5.21. The molecular weight excluding hydrogens is 310 g/mol. The van der Waals surface area contributed by atoms with Gasteiger partial charge in [-0.3, -0.25) is 9.80 Å². The first-order valence-electron chi connectivity index (χ1n) is 8.29. The number of nitrogens with zero attached hydrogens (tertiary/aromatic N) is 5. The Bertz CT molecular complexity index is 626. The molecule has 0 N–H and O–H groups in total. The van der Waals surface area contributed by atoms with Crippen LogP contribution in [-0.2, 0) is 19.5 Å². The molecule has 0 spiro atoms. The van der Waals surface area contributed by atoms with Gasteiger partial charge in [0.05, 0.1) is 11.6 Å². The van der Waals surface area contributed by atoms with Crippen LogP contribution in [0.5, 0.6) is 0 Å². The minimum Gasteiger partial charge on any atom is -0.339 e. The quantitative estimate of drug-likeness (QED) is 0.808. The maximum absolute atomic E-state index is 5.21. The van der Waals surface area contributed by atoms with E-state index in [1.807, 2.05) is 13.1 Å². The Kier molecular flexibility index (Phi) is 5.40. The van der Waals surface area contributed by atoms with Crippen molar-refractivity contribution in [2.75, 3.05) is 20.1 Å². The summed E-state index contributed by atoms with van der Waals surface area (Å²) < 4.78 is 5.21. The Labute approximate surface area is 141 Å². The van der Waals surface area contributed by atoms with Gasteiger partial charge in [0, 0.05) is 36.6 Å². The van der Waals surface area contributed by atoms with Crippen molar-refractivity contribution >= 4 is 11.3 Å². The van der Waals surface area contributed by atoms with Crippen LogP contribution in [0.1, 0.15) is 41.4 Å². The molecule has 6 nitrogen and oxygen atoms in total. The van der Waals surface area contributed by atoms with Crippen molar-refractivity contribution in [1.82, 2.24) is 24.9 Å². The summed E-state index contributed by atoms with van der Waals surface area (Å²) >= 11 is 1.79. The van der Waals surface area contributed by atoms with Gasteiger partial charge < -0.3 is 4.52 Å². The van der Waals surface area contributed by atoms with Gasteiger partial charge >= 0.3 is 0 Å². The average molecular weight is 335 g/mol. The summed E-state index contributed by atoms with van der Waals surface area (Å²) in [6, 6.07) is 0.573. The highest BCUT2D eigenvalue weighted by Crippen LogP contribution is 2.20. The number of likely N-dealkylation sites (N-methyl/N-ethyl adjacent to an activating group) is 1. The monoisotopic (exact) mass is 335 g/mol. The number of aryl methyl sites for hydroxylation is 2. The van der Waals surface area contributed by atoms with E-state index in [1.54, 1.807) is 11.3 Å². The van der Waals surface area contributed by atoms with Crippen molar-refractivity contribution in [3.63, 3.8) is 0 Å². The van der Waals surface area contributed by atoms with Gasteiger partial charge in [0.1, 0.15) is 0 Å². The molecule has 0 aliphatic carbocycles. The van der Waals surface area contributed by atoms with E-state index in [-0.39, 0.29) is 0 Å². The lowest BCUT2D eigenvalue weighted by atomic mass is 10.0. The number of hydrogen-bond acceptors (Lipinski definition) is 7. The van der Waals surface area contributed by atoms with Gasteiger partial charge in [-0.05, 0) is 33.4 Å². The predicted molar refractivity (Wildman–Crippen MR) is 90.3 cm³/mol. The van der Waals surface area contributed by atoms with E-state index in [2.05, 4.69) is 38.9 Å². The number of aromatic nitrogens is 3. The number of likely N-dealkylation sites (tertiary alicyclic amines) is 1. The molecule has 2 aromatic rings. The molecule has 2 aromatic heterocycles. The van der Waals surface area contributed by atoms with Crippen molar-refractivity contribution in [3.8, 4) is 0 Å². The van der Waals surface area contributed by atoms with Gasteiger partial charge in [0.15, 0.2) is 5.82 Å². The van der Waals surface area contributed by atoms with Gasteiger partial charge in [-0.1, -0.05) is 12.1 Å². The lowest BCUT2D eigenvalue weighted by Crippen LogP contribution is -2.45. The fourth-order valence-corrected chi connectivity index (χ4v) is 3.94. The Balaban J connectivity index is 1.54.